The van der Waals surface area contributed by atoms with Crippen LogP contribution >= 0.6 is 0 Å². The molecule has 0 unspecified atom stereocenters. The molecule has 0 radical (unpaired) electrons. The van der Waals surface area contributed by atoms with Crippen LogP contribution in [-0.2, 0) is 0 Å². The smallest absolute Gasteiger partial charge is 0.174 e. The standard InChI is InChI=1S/C2H2F2.H4Si/c1-2(3)4;/h1H2;1H4. The third kappa shape index (κ3) is 376. The van der Waals surface area contributed by atoms with E-state index in [-0.39, 0.29) is 11.0 Å². The van der Waals surface area contributed by atoms with Gasteiger partial charge in [0.1, 0.15) is 0 Å². The summed E-state index contributed by atoms with van der Waals surface area (Å²) in [6.07, 6.45) is -1.83. The fourth-order valence-corrected chi connectivity index (χ4v) is 0. The second-order valence-electron chi connectivity index (χ2n) is 0.339. The summed E-state index contributed by atoms with van der Waals surface area (Å²) in [5.41, 5.74) is 0. The van der Waals surface area contributed by atoms with E-state index in [4.69, 9.17) is 0 Å². The van der Waals surface area contributed by atoms with E-state index in [9.17, 15) is 8.78 Å². The molecular formula is C2H6F2Si. The molecule has 0 aromatic heterocycles. The molecule has 0 saturated heterocycles. The van der Waals surface area contributed by atoms with Crippen molar-refractivity contribution >= 4 is 11.0 Å². The molecule has 0 rings (SSSR count). The molecule has 0 bridgehead atoms. The molecule has 5 heavy (non-hydrogen) atoms. The van der Waals surface area contributed by atoms with Gasteiger partial charge in [0.05, 0.1) is 0 Å². The first-order valence-electron chi connectivity index (χ1n) is 0.732. The first-order valence-corrected chi connectivity index (χ1v) is 0.732. The van der Waals surface area contributed by atoms with Gasteiger partial charge in [0.25, 0.3) is 6.08 Å². The average Bonchev–Trinajstić information content (AvgIpc) is 0.811. The molecule has 0 aliphatic heterocycles. The quantitative estimate of drug-likeness (QED) is 0.371. The highest BCUT2D eigenvalue weighted by Gasteiger charge is 1.65. The Morgan fingerprint density at radius 1 is 1.40 bits per heavy atom. The minimum absolute atomic E-state index is 0. The second kappa shape index (κ2) is 3.82. The zero-order valence-corrected chi connectivity index (χ0v) is 1.96. The van der Waals surface area contributed by atoms with Crippen molar-refractivity contribution in [2.24, 2.45) is 0 Å². The number of hydrogen-bond donors (Lipinski definition) is 0. The summed E-state index contributed by atoms with van der Waals surface area (Å²) in [7, 11) is 0. The van der Waals surface area contributed by atoms with Gasteiger partial charge in [0.2, 0.25) is 0 Å². The van der Waals surface area contributed by atoms with Crippen LogP contribution < -0.4 is 0 Å². The first kappa shape index (κ1) is 8.84. The van der Waals surface area contributed by atoms with Crippen molar-refractivity contribution < 1.29 is 8.78 Å². The Morgan fingerprint density at radius 2 is 1.40 bits per heavy atom. The van der Waals surface area contributed by atoms with Gasteiger partial charge in [0.15, 0.2) is 0 Å². The molecule has 0 fully saturated rings. The summed E-state index contributed by atoms with van der Waals surface area (Å²) >= 11 is 0. The Morgan fingerprint density at radius 3 is 1.40 bits per heavy atom. The average molecular weight is 96.2 g/mol. The summed E-state index contributed by atoms with van der Waals surface area (Å²) in [6.45, 7) is 2.22. The monoisotopic (exact) mass is 96.0 g/mol. The molecule has 0 aromatic carbocycles. The normalized spacial score (nSPS) is 5.20. The molecule has 0 N–H and O–H groups in total. The summed E-state index contributed by atoms with van der Waals surface area (Å²) in [5, 5.41) is 0. The molecule has 0 atom stereocenters. The van der Waals surface area contributed by atoms with Crippen LogP contribution in [0.3, 0.4) is 0 Å². The van der Waals surface area contributed by atoms with E-state index < -0.39 is 6.08 Å². The van der Waals surface area contributed by atoms with Gasteiger partial charge in [-0.25, -0.2) is 0 Å². The molecule has 0 heterocycles. The van der Waals surface area contributed by atoms with Crippen molar-refractivity contribution in [3.8, 4) is 0 Å². The van der Waals surface area contributed by atoms with E-state index >= 15 is 0 Å². The Bertz CT molecular complexity index is 30.6. The highest BCUT2D eigenvalue weighted by Crippen LogP contribution is 1.85. The van der Waals surface area contributed by atoms with E-state index in [1.807, 2.05) is 0 Å². The van der Waals surface area contributed by atoms with Gasteiger partial charge < -0.3 is 0 Å². The molecule has 0 aliphatic carbocycles. The van der Waals surface area contributed by atoms with E-state index in [2.05, 4.69) is 6.58 Å². The van der Waals surface area contributed by atoms with E-state index in [1.165, 1.54) is 0 Å². The van der Waals surface area contributed by atoms with Crippen molar-refractivity contribution in [2.75, 3.05) is 0 Å². The topological polar surface area (TPSA) is 0 Å². The fraction of sp³-hybridized carbons (Fsp3) is 0. The third-order valence-corrected chi connectivity index (χ3v) is 0. The molecule has 0 aromatic rings. The molecule has 0 saturated carbocycles. The van der Waals surface area contributed by atoms with Crippen molar-refractivity contribution in [3.05, 3.63) is 12.7 Å². The SMILES string of the molecule is C=C(F)F.[SiH4]. The number of rotatable bonds is 0. The molecular weight excluding hydrogens is 90.1 g/mol. The van der Waals surface area contributed by atoms with Crippen LogP contribution in [0.2, 0.25) is 0 Å². The van der Waals surface area contributed by atoms with Crippen molar-refractivity contribution in [3.63, 3.8) is 0 Å². The van der Waals surface area contributed by atoms with E-state index in [0.29, 0.717) is 0 Å². The van der Waals surface area contributed by atoms with Crippen LogP contribution in [0.1, 0.15) is 0 Å². The first-order chi connectivity index (χ1) is 1.73. The van der Waals surface area contributed by atoms with Crippen LogP contribution in [0.15, 0.2) is 12.7 Å². The largest absolute Gasteiger partial charge is 0.263 e. The maximum atomic E-state index is 10.1. The molecule has 0 amide bonds. The zero-order valence-electron chi connectivity index (χ0n) is 1.96. The van der Waals surface area contributed by atoms with Gasteiger partial charge in [-0.2, -0.15) is 8.78 Å². The summed E-state index contributed by atoms with van der Waals surface area (Å²) in [6, 6.07) is 0. The minimum Gasteiger partial charge on any atom is -0.174 e. The molecule has 0 aliphatic rings. The van der Waals surface area contributed by atoms with Crippen molar-refractivity contribution in [2.45, 2.75) is 0 Å². The number of hydrogen-bond acceptors (Lipinski definition) is 0. The second-order valence-corrected chi connectivity index (χ2v) is 0.339. The minimum atomic E-state index is -1.83. The Kier molecular flexibility index (Phi) is 6.75. The lowest BCUT2D eigenvalue weighted by Crippen LogP contribution is -1.33. The van der Waals surface area contributed by atoms with Crippen LogP contribution in [0.5, 0.6) is 0 Å². The van der Waals surface area contributed by atoms with Crippen LogP contribution in [0.25, 0.3) is 0 Å². The predicted octanol–water partition coefficient (Wildman–Crippen LogP) is -0.0550. The summed E-state index contributed by atoms with van der Waals surface area (Å²) in [5.74, 6) is 0. The van der Waals surface area contributed by atoms with Crippen molar-refractivity contribution in [1.82, 2.24) is 0 Å². The van der Waals surface area contributed by atoms with Crippen LogP contribution in [0.4, 0.5) is 8.78 Å². The predicted molar refractivity (Wildman–Crippen MR) is 22.7 cm³/mol. The third-order valence-electron chi connectivity index (χ3n) is 0. The van der Waals surface area contributed by atoms with E-state index in [1.54, 1.807) is 0 Å². The maximum absolute atomic E-state index is 10.1. The molecule has 32 valence electrons. The van der Waals surface area contributed by atoms with Gasteiger partial charge in [-0.05, 0) is 17.5 Å². The molecule has 3 heteroatoms. The lowest BCUT2D eigenvalue weighted by Gasteiger charge is -1.54. The Balaban J connectivity index is 0. The van der Waals surface area contributed by atoms with Crippen molar-refractivity contribution in [1.29, 1.82) is 0 Å². The van der Waals surface area contributed by atoms with Gasteiger partial charge in [-0.3, -0.25) is 0 Å². The maximum Gasteiger partial charge on any atom is 0.263 e. The fourth-order valence-electron chi connectivity index (χ4n) is 0. The zero-order chi connectivity index (χ0) is 3.58. The van der Waals surface area contributed by atoms with Gasteiger partial charge >= 0.3 is 0 Å². The summed E-state index contributed by atoms with van der Waals surface area (Å²) in [4.78, 5) is 0. The Labute approximate surface area is 33.5 Å². The lowest BCUT2D eigenvalue weighted by molar-refractivity contribution is 0.426. The van der Waals surface area contributed by atoms with Crippen LogP contribution in [0, 0.1) is 0 Å². The molecule has 0 nitrogen and oxygen atoms in total. The molecule has 0 spiro atoms. The van der Waals surface area contributed by atoms with Crippen LogP contribution in [-0.4, -0.2) is 11.0 Å². The highest BCUT2D eigenvalue weighted by molar-refractivity contribution is 5.75. The lowest BCUT2D eigenvalue weighted by atomic mass is 11.2. The number of halogens is 2. The Hall–Kier alpha value is -0.183. The van der Waals surface area contributed by atoms with E-state index in [0.717, 1.165) is 0 Å². The van der Waals surface area contributed by atoms with Gasteiger partial charge in [0, 0.05) is 0 Å². The van der Waals surface area contributed by atoms with Gasteiger partial charge in [-0.15, -0.1) is 0 Å². The van der Waals surface area contributed by atoms with Gasteiger partial charge in [-0.1, -0.05) is 0 Å². The highest BCUT2D eigenvalue weighted by atomic mass is 28.1. The summed E-state index contributed by atoms with van der Waals surface area (Å²) < 4.78 is 20.3.